The van der Waals surface area contributed by atoms with Crippen molar-refractivity contribution in [2.24, 2.45) is 0 Å². The van der Waals surface area contributed by atoms with Gasteiger partial charge >= 0.3 is 0 Å². The van der Waals surface area contributed by atoms with E-state index in [0.717, 1.165) is 33.4 Å². The molecular weight excluding hydrogens is 268 g/mol. The number of benzene rings is 3. The van der Waals surface area contributed by atoms with Gasteiger partial charge in [-0.3, -0.25) is 4.79 Å². The van der Waals surface area contributed by atoms with Crippen LogP contribution in [0, 0.1) is 0 Å². The predicted octanol–water partition coefficient (Wildman–Crippen LogP) is 4.84. The zero-order valence-electron chi connectivity index (χ0n) is 12.0. The quantitative estimate of drug-likeness (QED) is 0.657. The number of carbonyl (C=O) groups excluding carboxylic acids is 1. The van der Waals surface area contributed by atoms with E-state index < -0.39 is 0 Å². The maximum Gasteiger partial charge on any atom is 0.194 e. The summed E-state index contributed by atoms with van der Waals surface area (Å²) in [6.07, 6.45) is 0. The largest absolute Gasteiger partial charge is 0.289 e. The average molecular weight is 282 g/mol. The molecule has 0 N–H and O–H groups in total. The second kappa shape index (κ2) is 5.12. The molecule has 0 bridgehead atoms. The van der Waals surface area contributed by atoms with Gasteiger partial charge in [0.15, 0.2) is 5.78 Å². The van der Waals surface area contributed by atoms with Crippen LogP contribution in [0.25, 0.3) is 11.1 Å². The third-order valence-electron chi connectivity index (χ3n) is 4.04. The van der Waals surface area contributed by atoms with Crippen molar-refractivity contribution in [3.05, 3.63) is 107 Å². The highest BCUT2D eigenvalue weighted by molar-refractivity contribution is 6.41. The van der Waals surface area contributed by atoms with Gasteiger partial charge in [-0.15, -0.1) is 0 Å². The molecule has 3 aromatic carbocycles. The van der Waals surface area contributed by atoms with Gasteiger partial charge in [0.25, 0.3) is 0 Å². The van der Waals surface area contributed by atoms with Gasteiger partial charge in [-0.2, -0.15) is 0 Å². The normalized spacial score (nSPS) is 13.4. The molecule has 22 heavy (non-hydrogen) atoms. The van der Waals surface area contributed by atoms with Crippen LogP contribution in [0.1, 0.15) is 27.0 Å². The number of hydrogen-bond acceptors (Lipinski definition) is 1. The van der Waals surface area contributed by atoms with Crippen molar-refractivity contribution >= 4 is 16.9 Å². The fraction of sp³-hybridized carbons (Fsp3) is 0. The Kier molecular flexibility index (Phi) is 2.97. The van der Waals surface area contributed by atoms with Crippen molar-refractivity contribution in [1.29, 1.82) is 0 Å². The first kappa shape index (κ1) is 12.8. The first-order valence-corrected chi connectivity index (χ1v) is 7.35. The lowest BCUT2D eigenvalue weighted by atomic mass is 9.94. The molecule has 0 fully saturated rings. The summed E-state index contributed by atoms with van der Waals surface area (Å²) in [5, 5.41) is 0. The maximum absolute atomic E-state index is 12.9. The predicted molar refractivity (Wildman–Crippen MR) is 89.6 cm³/mol. The molecule has 0 spiro atoms. The Morgan fingerprint density at radius 3 is 1.50 bits per heavy atom. The average Bonchev–Trinajstić information content (AvgIpc) is 2.90. The number of ketones is 1. The molecule has 4 rings (SSSR count). The maximum atomic E-state index is 12.9. The summed E-state index contributed by atoms with van der Waals surface area (Å²) in [7, 11) is 0. The van der Waals surface area contributed by atoms with Crippen molar-refractivity contribution in [2.75, 3.05) is 0 Å². The fourth-order valence-electron chi connectivity index (χ4n) is 3.07. The van der Waals surface area contributed by atoms with Gasteiger partial charge in [0, 0.05) is 16.7 Å². The van der Waals surface area contributed by atoms with Crippen LogP contribution in [0.5, 0.6) is 0 Å². The van der Waals surface area contributed by atoms with E-state index in [9.17, 15) is 4.79 Å². The van der Waals surface area contributed by atoms with E-state index in [1.54, 1.807) is 0 Å². The summed E-state index contributed by atoms with van der Waals surface area (Å²) < 4.78 is 0. The number of rotatable bonds is 2. The van der Waals surface area contributed by atoms with Crippen LogP contribution >= 0.6 is 0 Å². The number of Topliss-reactive ketones (excluding diaryl/α,β-unsaturated/α-hetero) is 1. The van der Waals surface area contributed by atoms with Gasteiger partial charge in [-0.05, 0) is 16.7 Å². The second-order valence-electron chi connectivity index (χ2n) is 5.36. The van der Waals surface area contributed by atoms with Gasteiger partial charge in [0.1, 0.15) is 0 Å². The molecule has 3 aromatic rings. The van der Waals surface area contributed by atoms with Gasteiger partial charge in [-0.1, -0.05) is 84.9 Å². The third-order valence-corrected chi connectivity index (χ3v) is 4.04. The van der Waals surface area contributed by atoms with Crippen LogP contribution in [0.4, 0.5) is 0 Å². The molecule has 104 valence electrons. The Morgan fingerprint density at radius 1 is 0.455 bits per heavy atom. The van der Waals surface area contributed by atoms with Gasteiger partial charge in [0.2, 0.25) is 0 Å². The summed E-state index contributed by atoms with van der Waals surface area (Å²) in [4.78, 5) is 12.9. The van der Waals surface area contributed by atoms with E-state index >= 15 is 0 Å². The zero-order chi connectivity index (χ0) is 14.9. The fourth-order valence-corrected chi connectivity index (χ4v) is 3.07. The third kappa shape index (κ3) is 1.91. The Hall–Kier alpha value is -2.93. The van der Waals surface area contributed by atoms with Crippen molar-refractivity contribution in [3.63, 3.8) is 0 Å². The molecule has 1 aliphatic carbocycles. The molecular formula is C21H14O. The number of fused-ring (bicyclic) bond motifs is 1. The van der Waals surface area contributed by atoms with Crippen molar-refractivity contribution in [3.8, 4) is 0 Å². The lowest BCUT2D eigenvalue weighted by Crippen LogP contribution is -1.98. The number of allylic oxidation sites excluding steroid dienone is 1. The van der Waals surface area contributed by atoms with E-state index in [1.165, 1.54) is 0 Å². The summed E-state index contributed by atoms with van der Waals surface area (Å²) in [5.41, 5.74) is 5.71. The molecule has 1 nitrogen and oxygen atoms in total. The first-order chi connectivity index (χ1) is 10.9. The summed E-state index contributed by atoms with van der Waals surface area (Å²) in [5.74, 6) is 0.112. The Labute approximate surface area is 129 Å². The van der Waals surface area contributed by atoms with E-state index in [2.05, 4.69) is 12.1 Å². The highest BCUT2D eigenvalue weighted by Gasteiger charge is 2.30. The number of carbonyl (C=O) groups is 1. The molecule has 1 heteroatoms. The summed E-state index contributed by atoms with van der Waals surface area (Å²) >= 11 is 0. The molecule has 0 radical (unpaired) electrons. The van der Waals surface area contributed by atoms with Crippen LogP contribution in [-0.2, 0) is 0 Å². The molecule has 1 aliphatic rings. The van der Waals surface area contributed by atoms with Crippen molar-refractivity contribution in [2.45, 2.75) is 0 Å². The monoisotopic (exact) mass is 282 g/mol. The molecule has 0 atom stereocenters. The highest BCUT2D eigenvalue weighted by atomic mass is 16.1. The van der Waals surface area contributed by atoms with Gasteiger partial charge in [0.05, 0.1) is 0 Å². The van der Waals surface area contributed by atoms with E-state index in [4.69, 9.17) is 0 Å². The number of hydrogen-bond donors (Lipinski definition) is 0. The molecule has 0 amide bonds. The van der Waals surface area contributed by atoms with Crippen LogP contribution in [0.2, 0.25) is 0 Å². The molecule has 0 saturated carbocycles. The van der Waals surface area contributed by atoms with Crippen LogP contribution in [-0.4, -0.2) is 5.78 Å². The first-order valence-electron chi connectivity index (χ1n) is 7.35. The lowest BCUT2D eigenvalue weighted by Gasteiger charge is -2.08. The highest BCUT2D eigenvalue weighted by Crippen LogP contribution is 2.41. The molecule has 0 unspecified atom stereocenters. The van der Waals surface area contributed by atoms with Crippen molar-refractivity contribution < 1.29 is 4.79 Å². The minimum Gasteiger partial charge on any atom is -0.289 e. The molecule has 0 heterocycles. The van der Waals surface area contributed by atoms with Crippen LogP contribution < -0.4 is 0 Å². The SMILES string of the molecule is O=C1C(c2ccccc2)=C(c2ccccc2)c2ccccc21. The Balaban J connectivity index is 2.05. The molecule has 0 saturated heterocycles. The second-order valence-corrected chi connectivity index (χ2v) is 5.36. The summed E-state index contributed by atoms with van der Waals surface area (Å²) in [6, 6.07) is 27.9. The smallest absolute Gasteiger partial charge is 0.194 e. The zero-order valence-corrected chi connectivity index (χ0v) is 12.0. The standard InChI is InChI=1S/C21H14O/c22-21-18-14-8-7-13-17(18)19(15-9-3-1-4-10-15)20(21)16-11-5-2-6-12-16/h1-14H. The van der Waals surface area contributed by atoms with Gasteiger partial charge in [-0.25, -0.2) is 0 Å². The van der Waals surface area contributed by atoms with E-state index in [1.807, 2.05) is 72.8 Å². The van der Waals surface area contributed by atoms with E-state index in [0.29, 0.717) is 0 Å². The topological polar surface area (TPSA) is 17.1 Å². The van der Waals surface area contributed by atoms with Crippen LogP contribution in [0.15, 0.2) is 84.9 Å². The van der Waals surface area contributed by atoms with Crippen LogP contribution in [0.3, 0.4) is 0 Å². The summed E-state index contributed by atoms with van der Waals surface area (Å²) in [6.45, 7) is 0. The lowest BCUT2D eigenvalue weighted by molar-refractivity contribution is 0.105. The minimum atomic E-state index is 0.112. The molecule has 0 aromatic heterocycles. The van der Waals surface area contributed by atoms with E-state index in [-0.39, 0.29) is 5.78 Å². The van der Waals surface area contributed by atoms with Crippen molar-refractivity contribution in [1.82, 2.24) is 0 Å². The molecule has 0 aliphatic heterocycles. The Bertz CT molecular complexity index is 874. The minimum absolute atomic E-state index is 0.112. The Morgan fingerprint density at radius 2 is 0.909 bits per heavy atom. The van der Waals surface area contributed by atoms with Gasteiger partial charge < -0.3 is 0 Å².